The van der Waals surface area contributed by atoms with Crippen LogP contribution in [-0.4, -0.2) is 17.9 Å². The van der Waals surface area contributed by atoms with E-state index in [0.29, 0.717) is 17.9 Å². The lowest BCUT2D eigenvalue weighted by Gasteiger charge is -2.06. The van der Waals surface area contributed by atoms with E-state index in [9.17, 15) is 4.79 Å². The van der Waals surface area contributed by atoms with Gasteiger partial charge in [0, 0.05) is 11.0 Å². The molecule has 0 saturated carbocycles. The first-order valence-electron chi connectivity index (χ1n) is 4.98. The molecule has 1 aromatic carbocycles. The molecule has 0 unspecified atom stereocenters. The summed E-state index contributed by atoms with van der Waals surface area (Å²) < 4.78 is 4.92. The van der Waals surface area contributed by atoms with Gasteiger partial charge < -0.3 is 10.5 Å². The molecule has 2 N–H and O–H groups in total. The second-order valence-electron chi connectivity index (χ2n) is 3.12. The summed E-state index contributed by atoms with van der Waals surface area (Å²) >= 11 is 3.29. The number of benzene rings is 1. The maximum absolute atomic E-state index is 11.6. The van der Waals surface area contributed by atoms with Crippen molar-refractivity contribution < 1.29 is 9.53 Å². The zero-order valence-electron chi connectivity index (χ0n) is 9.07. The summed E-state index contributed by atoms with van der Waals surface area (Å²) in [6, 6.07) is 5.30. The van der Waals surface area contributed by atoms with Crippen LogP contribution in [0.3, 0.4) is 0 Å². The maximum Gasteiger partial charge on any atom is 0.340 e. The smallest absolute Gasteiger partial charge is 0.340 e. The number of allylic oxidation sites excluding steroid dienone is 1. The first-order valence-corrected chi connectivity index (χ1v) is 6.10. The monoisotopic (exact) mass is 283 g/mol. The molecule has 0 bridgehead atoms. The molecule has 1 aromatic rings. The van der Waals surface area contributed by atoms with Crippen molar-refractivity contribution in [3.05, 3.63) is 35.4 Å². The van der Waals surface area contributed by atoms with Gasteiger partial charge in [-0.2, -0.15) is 0 Å². The van der Waals surface area contributed by atoms with Crippen LogP contribution >= 0.6 is 15.9 Å². The summed E-state index contributed by atoms with van der Waals surface area (Å²) in [7, 11) is 0. The third kappa shape index (κ3) is 3.38. The van der Waals surface area contributed by atoms with E-state index in [1.807, 2.05) is 18.2 Å². The van der Waals surface area contributed by atoms with Crippen LogP contribution < -0.4 is 5.73 Å². The van der Waals surface area contributed by atoms with Crippen molar-refractivity contribution in [3.8, 4) is 0 Å². The van der Waals surface area contributed by atoms with E-state index in [2.05, 4.69) is 15.9 Å². The third-order valence-corrected chi connectivity index (χ3v) is 2.35. The van der Waals surface area contributed by atoms with Crippen LogP contribution in [0, 0.1) is 0 Å². The number of carbonyl (C=O) groups is 1. The fourth-order valence-electron chi connectivity index (χ4n) is 1.24. The van der Waals surface area contributed by atoms with Crippen molar-refractivity contribution in [3.63, 3.8) is 0 Å². The van der Waals surface area contributed by atoms with Crippen molar-refractivity contribution in [1.29, 1.82) is 0 Å². The Labute approximate surface area is 103 Å². The number of alkyl halides is 1. The highest BCUT2D eigenvalue weighted by molar-refractivity contribution is 9.09. The van der Waals surface area contributed by atoms with E-state index in [4.69, 9.17) is 10.5 Å². The van der Waals surface area contributed by atoms with Gasteiger partial charge in [-0.3, -0.25) is 0 Å². The second kappa shape index (κ2) is 6.33. The van der Waals surface area contributed by atoms with Gasteiger partial charge in [-0.15, -0.1) is 0 Å². The molecule has 0 aromatic heterocycles. The van der Waals surface area contributed by atoms with Gasteiger partial charge in [-0.1, -0.05) is 34.1 Å². The van der Waals surface area contributed by atoms with E-state index in [1.54, 1.807) is 19.1 Å². The van der Waals surface area contributed by atoms with Crippen LogP contribution in [0.2, 0.25) is 0 Å². The van der Waals surface area contributed by atoms with E-state index in [1.165, 1.54) is 0 Å². The van der Waals surface area contributed by atoms with Crippen molar-refractivity contribution in [2.45, 2.75) is 6.92 Å². The molecule has 0 saturated heterocycles. The predicted octanol–water partition coefficient (Wildman–Crippen LogP) is 2.85. The molecule has 3 nitrogen and oxygen atoms in total. The van der Waals surface area contributed by atoms with Crippen molar-refractivity contribution in [1.82, 2.24) is 0 Å². The number of ether oxygens (including phenoxy) is 1. The van der Waals surface area contributed by atoms with Gasteiger partial charge >= 0.3 is 5.97 Å². The molecule has 0 radical (unpaired) electrons. The number of anilines is 1. The molecule has 0 amide bonds. The minimum absolute atomic E-state index is 0.347. The molecule has 0 atom stereocenters. The van der Waals surface area contributed by atoms with Crippen molar-refractivity contribution in [2.24, 2.45) is 0 Å². The number of esters is 1. The molecule has 0 fully saturated rings. The average Bonchev–Trinajstić information content (AvgIpc) is 2.28. The van der Waals surface area contributed by atoms with Crippen LogP contribution in [0.5, 0.6) is 0 Å². The SMILES string of the molecule is CCOC(=O)c1cc(C=CCBr)ccc1N. The highest BCUT2D eigenvalue weighted by atomic mass is 79.9. The number of nitrogen functional groups attached to an aromatic ring is 1. The lowest BCUT2D eigenvalue weighted by atomic mass is 10.1. The molecular formula is C12H14BrNO2. The Morgan fingerprint density at radius 2 is 2.31 bits per heavy atom. The number of carbonyl (C=O) groups excluding carboxylic acids is 1. The summed E-state index contributed by atoms with van der Waals surface area (Å²) in [4.78, 5) is 11.6. The van der Waals surface area contributed by atoms with Gasteiger partial charge in [0.2, 0.25) is 0 Å². The standard InChI is InChI=1S/C12H14BrNO2/c1-2-16-12(15)10-8-9(4-3-7-13)5-6-11(10)14/h3-6,8H,2,7,14H2,1H3. The highest BCUT2D eigenvalue weighted by Crippen LogP contribution is 2.16. The van der Waals surface area contributed by atoms with E-state index in [-0.39, 0.29) is 5.97 Å². The predicted molar refractivity (Wildman–Crippen MR) is 69.6 cm³/mol. The Bertz CT molecular complexity index is 402. The van der Waals surface area contributed by atoms with Crippen molar-refractivity contribution >= 4 is 33.7 Å². The minimum atomic E-state index is -0.380. The quantitative estimate of drug-likeness (QED) is 0.525. The number of hydrogen-bond acceptors (Lipinski definition) is 3. The Morgan fingerprint density at radius 3 is 2.94 bits per heavy atom. The van der Waals surface area contributed by atoms with Gasteiger partial charge in [-0.05, 0) is 24.6 Å². The zero-order valence-corrected chi connectivity index (χ0v) is 10.7. The summed E-state index contributed by atoms with van der Waals surface area (Å²) in [5, 5.41) is 0.770. The molecule has 4 heteroatoms. The number of nitrogens with two attached hydrogens (primary N) is 1. The Balaban J connectivity index is 2.98. The van der Waals surface area contributed by atoms with E-state index in [0.717, 1.165) is 10.9 Å². The maximum atomic E-state index is 11.6. The van der Waals surface area contributed by atoms with Gasteiger partial charge in [0.1, 0.15) is 0 Å². The molecule has 0 aliphatic heterocycles. The van der Waals surface area contributed by atoms with Crippen LogP contribution in [0.15, 0.2) is 24.3 Å². The lowest BCUT2D eigenvalue weighted by molar-refractivity contribution is 0.0527. The third-order valence-electron chi connectivity index (χ3n) is 1.97. The Hall–Kier alpha value is -1.29. The van der Waals surface area contributed by atoms with Crippen LogP contribution in [-0.2, 0) is 4.74 Å². The molecule has 0 aliphatic rings. The fraction of sp³-hybridized carbons (Fsp3) is 0.250. The highest BCUT2D eigenvalue weighted by Gasteiger charge is 2.10. The minimum Gasteiger partial charge on any atom is -0.462 e. The summed E-state index contributed by atoms with van der Waals surface area (Å²) in [6.45, 7) is 2.11. The second-order valence-corrected chi connectivity index (χ2v) is 3.77. The molecule has 16 heavy (non-hydrogen) atoms. The van der Waals surface area contributed by atoms with Crippen LogP contribution in [0.1, 0.15) is 22.8 Å². The Morgan fingerprint density at radius 1 is 1.56 bits per heavy atom. The first kappa shape index (κ1) is 12.8. The normalized spacial score (nSPS) is 10.6. The molecule has 0 spiro atoms. The molecule has 1 rings (SSSR count). The zero-order chi connectivity index (χ0) is 12.0. The molecular weight excluding hydrogens is 270 g/mol. The fourth-order valence-corrected chi connectivity index (χ4v) is 1.43. The summed E-state index contributed by atoms with van der Waals surface area (Å²) in [5.41, 5.74) is 7.50. The molecule has 86 valence electrons. The van der Waals surface area contributed by atoms with Gasteiger partial charge in [-0.25, -0.2) is 4.79 Å². The van der Waals surface area contributed by atoms with Crippen LogP contribution in [0.25, 0.3) is 6.08 Å². The van der Waals surface area contributed by atoms with Gasteiger partial charge in [0.05, 0.1) is 12.2 Å². The average molecular weight is 284 g/mol. The van der Waals surface area contributed by atoms with Crippen molar-refractivity contribution in [2.75, 3.05) is 17.7 Å². The number of halogens is 1. The lowest BCUT2D eigenvalue weighted by Crippen LogP contribution is -2.08. The first-order chi connectivity index (χ1) is 7.69. The van der Waals surface area contributed by atoms with Crippen LogP contribution in [0.4, 0.5) is 5.69 Å². The topological polar surface area (TPSA) is 52.3 Å². The van der Waals surface area contributed by atoms with Gasteiger partial charge in [0.15, 0.2) is 0 Å². The van der Waals surface area contributed by atoms with E-state index < -0.39 is 0 Å². The number of hydrogen-bond donors (Lipinski definition) is 1. The molecule has 0 aliphatic carbocycles. The number of rotatable bonds is 4. The largest absolute Gasteiger partial charge is 0.462 e. The van der Waals surface area contributed by atoms with Gasteiger partial charge in [0.25, 0.3) is 0 Å². The summed E-state index contributed by atoms with van der Waals surface area (Å²) in [6.07, 6.45) is 3.86. The Kier molecular flexibility index (Phi) is 5.05. The summed E-state index contributed by atoms with van der Waals surface area (Å²) in [5.74, 6) is -0.380. The van der Waals surface area contributed by atoms with E-state index >= 15 is 0 Å². The molecule has 0 heterocycles.